The molecule has 5 rings (SSSR count). The molecule has 3 aromatic rings. The number of aliphatic imine (C=N–C) groups is 1. The Morgan fingerprint density at radius 1 is 1.06 bits per heavy atom. The summed E-state index contributed by atoms with van der Waals surface area (Å²) in [5, 5.41) is 23.0. The first-order chi connectivity index (χ1) is 15.6. The molecule has 2 aliphatic rings. The summed E-state index contributed by atoms with van der Waals surface area (Å²) in [6, 6.07) is 23.0. The van der Waals surface area contributed by atoms with Gasteiger partial charge in [-0.05, 0) is 11.6 Å². The maximum Gasteiger partial charge on any atom is 0.270 e. The van der Waals surface area contributed by atoms with Crippen LogP contribution in [-0.2, 0) is 15.2 Å². The normalized spacial score (nSPS) is 22.5. The van der Waals surface area contributed by atoms with Crippen molar-refractivity contribution in [3.63, 3.8) is 0 Å². The molecule has 0 saturated carbocycles. The molecule has 1 fully saturated rings. The largest absolute Gasteiger partial charge is 0.475 e. The van der Waals surface area contributed by atoms with Crippen molar-refractivity contribution < 1.29 is 19.5 Å². The van der Waals surface area contributed by atoms with Crippen molar-refractivity contribution in [3.05, 3.63) is 112 Å². The van der Waals surface area contributed by atoms with E-state index in [9.17, 15) is 15.2 Å². The van der Waals surface area contributed by atoms with Crippen molar-refractivity contribution in [1.82, 2.24) is 0 Å². The van der Waals surface area contributed by atoms with Crippen molar-refractivity contribution in [2.75, 3.05) is 18.1 Å². The number of rotatable bonds is 5. The van der Waals surface area contributed by atoms with E-state index in [1.165, 1.54) is 18.9 Å². The molecule has 0 unspecified atom stereocenters. The van der Waals surface area contributed by atoms with Gasteiger partial charge >= 0.3 is 0 Å². The van der Waals surface area contributed by atoms with Crippen LogP contribution in [0.25, 0.3) is 0 Å². The van der Waals surface area contributed by atoms with Gasteiger partial charge < -0.3 is 19.5 Å². The lowest BCUT2D eigenvalue weighted by atomic mass is 10.0. The number of benzene rings is 3. The van der Waals surface area contributed by atoms with Crippen molar-refractivity contribution >= 4 is 17.3 Å². The number of ether oxygens (including phenoxy) is 2. The molecule has 0 bridgehead atoms. The van der Waals surface area contributed by atoms with E-state index in [0.717, 1.165) is 5.56 Å². The summed E-state index contributed by atoms with van der Waals surface area (Å²) < 4.78 is 11.4. The highest BCUT2D eigenvalue weighted by Gasteiger charge is 2.44. The van der Waals surface area contributed by atoms with Crippen LogP contribution in [0.5, 0.6) is 0 Å². The van der Waals surface area contributed by atoms with Crippen molar-refractivity contribution in [2.24, 2.45) is 4.99 Å². The average Bonchev–Trinajstić information content (AvgIpc) is 3.48. The van der Waals surface area contributed by atoms with Crippen LogP contribution >= 0.6 is 0 Å². The fraction of sp³-hybridized carbons (Fsp3) is 0.167. The molecule has 0 spiro atoms. The molecule has 1 radical (unpaired) electrons. The molecule has 8 heteroatoms. The van der Waals surface area contributed by atoms with Crippen LogP contribution < -0.4 is 4.90 Å². The number of non-ortho nitro benzene ring substituents is 1. The summed E-state index contributed by atoms with van der Waals surface area (Å²) in [6.45, 7) is 1.75. The Hall–Kier alpha value is -3.75. The van der Waals surface area contributed by atoms with Crippen LogP contribution in [0, 0.1) is 16.8 Å². The minimum Gasteiger partial charge on any atom is -0.475 e. The highest BCUT2D eigenvalue weighted by molar-refractivity contribution is 6.01. The molecule has 3 aromatic carbocycles. The zero-order valence-electron chi connectivity index (χ0n) is 17.0. The van der Waals surface area contributed by atoms with Crippen LogP contribution in [0.4, 0.5) is 11.4 Å². The fourth-order valence-electron chi connectivity index (χ4n) is 3.95. The molecule has 1 N–H and O–H groups in total. The number of nitro groups is 1. The first-order valence-corrected chi connectivity index (χ1v) is 10.1. The van der Waals surface area contributed by atoms with Crippen molar-refractivity contribution in [3.8, 4) is 0 Å². The van der Waals surface area contributed by atoms with E-state index in [4.69, 9.17) is 14.5 Å². The third kappa shape index (κ3) is 3.49. The van der Waals surface area contributed by atoms with Gasteiger partial charge in [-0.15, -0.1) is 0 Å². The van der Waals surface area contributed by atoms with E-state index in [1.807, 2.05) is 48.5 Å². The van der Waals surface area contributed by atoms with Crippen LogP contribution in [0.3, 0.4) is 0 Å². The number of aliphatic hydroxyl groups is 1. The third-order valence-corrected chi connectivity index (χ3v) is 5.62. The van der Waals surface area contributed by atoms with Crippen LogP contribution in [0.15, 0.2) is 83.9 Å². The lowest BCUT2D eigenvalue weighted by Crippen LogP contribution is -2.42. The summed E-state index contributed by atoms with van der Waals surface area (Å²) >= 11 is 0. The van der Waals surface area contributed by atoms with Gasteiger partial charge in [0.2, 0.25) is 5.90 Å². The summed E-state index contributed by atoms with van der Waals surface area (Å²) in [7, 11) is 0. The number of nitrogens with zero attached hydrogens (tertiary/aromatic N) is 3. The third-order valence-electron chi connectivity index (χ3n) is 5.62. The number of hydrogen-bond donors (Lipinski definition) is 1. The lowest BCUT2D eigenvalue weighted by molar-refractivity contribution is -0.384. The Kier molecular flexibility index (Phi) is 5.08. The van der Waals surface area contributed by atoms with Crippen molar-refractivity contribution in [1.29, 1.82) is 0 Å². The Morgan fingerprint density at radius 2 is 1.78 bits per heavy atom. The fourth-order valence-corrected chi connectivity index (χ4v) is 3.95. The first kappa shape index (κ1) is 20.2. The van der Waals surface area contributed by atoms with Gasteiger partial charge in [0.1, 0.15) is 19.3 Å². The monoisotopic (exact) mass is 430 g/mol. The molecule has 0 aliphatic carbocycles. The smallest absolute Gasteiger partial charge is 0.270 e. The SMILES string of the molecule is O=[N+]([O-])c1ccc(N2[CH]OC[C@]2(O)c2ccccc2)c(C2=N[C@H](c3ccccc3)CO2)c1. The van der Waals surface area contributed by atoms with Gasteiger partial charge in [-0.3, -0.25) is 10.1 Å². The van der Waals surface area contributed by atoms with Gasteiger partial charge in [-0.25, -0.2) is 4.99 Å². The number of hydrogen-bond acceptors (Lipinski definition) is 7. The maximum atomic E-state index is 11.5. The Morgan fingerprint density at radius 3 is 2.50 bits per heavy atom. The zero-order chi connectivity index (χ0) is 22.1. The molecule has 2 aliphatic heterocycles. The molecule has 1 saturated heterocycles. The van der Waals surface area contributed by atoms with Crippen LogP contribution in [0.2, 0.25) is 0 Å². The molecule has 32 heavy (non-hydrogen) atoms. The number of nitro benzene ring substituents is 1. The number of anilines is 1. The molecular formula is C24H20N3O5. The first-order valence-electron chi connectivity index (χ1n) is 10.1. The zero-order valence-corrected chi connectivity index (χ0v) is 17.0. The summed E-state index contributed by atoms with van der Waals surface area (Å²) in [5.74, 6) is 0.285. The molecular weight excluding hydrogens is 410 g/mol. The molecule has 161 valence electrons. The van der Waals surface area contributed by atoms with E-state index in [2.05, 4.69) is 0 Å². The maximum absolute atomic E-state index is 11.5. The summed E-state index contributed by atoms with van der Waals surface area (Å²) in [5.41, 5.74) is 0.951. The average molecular weight is 430 g/mol. The molecule has 2 atom stereocenters. The standard InChI is InChI=1S/C24H20N3O5/c28-24(18-9-5-2-6-10-18)15-31-16-26(24)22-12-11-19(27(29)30)13-20(22)23-25-21(14-32-23)17-7-3-1-4-8-17/h1-13,16,21,28H,14-15H2/t21-,24-/m0/s1. The second-order valence-corrected chi connectivity index (χ2v) is 7.60. The minimum atomic E-state index is -1.48. The van der Waals surface area contributed by atoms with Gasteiger partial charge in [0.25, 0.3) is 5.69 Å². The summed E-state index contributed by atoms with van der Waals surface area (Å²) in [6.07, 6.45) is 0. The molecule has 2 heterocycles. The van der Waals surface area contributed by atoms with Crippen LogP contribution in [0.1, 0.15) is 22.7 Å². The van der Waals surface area contributed by atoms with Gasteiger partial charge in [0.15, 0.2) is 12.5 Å². The topological polar surface area (TPSA) is 97.4 Å². The lowest BCUT2D eigenvalue weighted by Gasteiger charge is -2.34. The predicted molar refractivity (Wildman–Crippen MR) is 118 cm³/mol. The van der Waals surface area contributed by atoms with Gasteiger partial charge in [-0.1, -0.05) is 60.7 Å². The van der Waals surface area contributed by atoms with E-state index >= 15 is 0 Å². The summed E-state index contributed by atoms with van der Waals surface area (Å²) in [4.78, 5) is 17.2. The van der Waals surface area contributed by atoms with Crippen LogP contribution in [-0.4, -0.2) is 29.1 Å². The van der Waals surface area contributed by atoms with E-state index in [1.54, 1.807) is 23.1 Å². The molecule has 8 nitrogen and oxygen atoms in total. The van der Waals surface area contributed by atoms with Gasteiger partial charge in [0, 0.05) is 17.7 Å². The Bertz CT molecular complexity index is 1170. The molecule has 0 amide bonds. The van der Waals surface area contributed by atoms with E-state index in [0.29, 0.717) is 23.4 Å². The second kappa shape index (κ2) is 8.07. The van der Waals surface area contributed by atoms with Gasteiger partial charge in [-0.2, -0.15) is 0 Å². The van der Waals surface area contributed by atoms with E-state index in [-0.39, 0.29) is 24.2 Å². The Balaban J connectivity index is 1.59. The molecule has 0 aromatic heterocycles. The predicted octanol–water partition coefficient (Wildman–Crippen LogP) is 3.91. The highest BCUT2D eigenvalue weighted by atomic mass is 16.6. The quantitative estimate of drug-likeness (QED) is 0.487. The van der Waals surface area contributed by atoms with E-state index < -0.39 is 10.6 Å². The van der Waals surface area contributed by atoms with Crippen molar-refractivity contribution in [2.45, 2.75) is 11.8 Å². The van der Waals surface area contributed by atoms with Gasteiger partial charge in [0.05, 0.1) is 16.2 Å². The second-order valence-electron chi connectivity index (χ2n) is 7.60. The Labute approximate surface area is 184 Å². The minimum absolute atomic E-state index is 0.00736. The highest BCUT2D eigenvalue weighted by Crippen LogP contribution is 2.41.